The normalized spacial score (nSPS) is 13.9. The molecule has 2 aromatic carbocycles. The highest BCUT2D eigenvalue weighted by Gasteiger charge is 2.30. The highest BCUT2D eigenvalue weighted by atomic mass is 16.4. The fraction of sp³-hybridized carbons (Fsp3) is 0.320. The Labute approximate surface area is 213 Å². The second kappa shape index (κ2) is 13.6. The Kier molecular flexibility index (Phi) is 10.6. The molecule has 0 spiro atoms. The van der Waals surface area contributed by atoms with E-state index in [9.17, 15) is 29.1 Å². The van der Waals surface area contributed by atoms with E-state index in [0.717, 1.165) is 0 Å². The Morgan fingerprint density at radius 1 is 0.784 bits per heavy atom. The third kappa shape index (κ3) is 9.61. The summed E-state index contributed by atoms with van der Waals surface area (Å²) in [6.07, 6.45) is -0.414. The fourth-order valence-corrected chi connectivity index (χ4v) is 3.37. The molecule has 0 saturated heterocycles. The van der Waals surface area contributed by atoms with E-state index in [4.69, 9.17) is 16.6 Å². The molecule has 4 unspecified atom stereocenters. The summed E-state index contributed by atoms with van der Waals surface area (Å²) >= 11 is 0. The first-order valence-electron chi connectivity index (χ1n) is 11.5. The number of carbonyl (C=O) groups is 5. The maximum Gasteiger partial charge on any atom is 0.325 e. The first kappa shape index (κ1) is 28.8. The number of primary amides is 1. The van der Waals surface area contributed by atoms with Gasteiger partial charge in [0.15, 0.2) is 0 Å². The van der Waals surface area contributed by atoms with Crippen LogP contribution in [-0.4, -0.2) is 64.0 Å². The van der Waals surface area contributed by atoms with Crippen LogP contribution in [0.25, 0.3) is 0 Å². The molecule has 0 fully saturated rings. The van der Waals surface area contributed by atoms with E-state index < -0.39 is 60.2 Å². The number of aromatic hydroxyl groups is 1. The molecule has 0 aliphatic heterocycles. The van der Waals surface area contributed by atoms with Crippen LogP contribution in [0.2, 0.25) is 0 Å². The minimum Gasteiger partial charge on any atom is -0.508 e. The van der Waals surface area contributed by atoms with Gasteiger partial charge in [0.1, 0.15) is 23.9 Å². The van der Waals surface area contributed by atoms with Crippen LogP contribution in [0.4, 0.5) is 0 Å². The molecule has 12 nitrogen and oxygen atoms in total. The number of rotatable bonds is 13. The number of carboxylic acid groups (broad SMARTS) is 1. The topological polar surface area (TPSA) is 214 Å². The first-order chi connectivity index (χ1) is 17.5. The van der Waals surface area contributed by atoms with Gasteiger partial charge in [0.05, 0.1) is 12.5 Å². The maximum atomic E-state index is 13.3. The molecular weight excluding hydrogens is 482 g/mol. The van der Waals surface area contributed by atoms with Crippen molar-refractivity contribution in [3.63, 3.8) is 0 Å². The van der Waals surface area contributed by atoms with Crippen LogP contribution in [0.1, 0.15) is 24.5 Å². The van der Waals surface area contributed by atoms with Crippen molar-refractivity contribution in [2.45, 2.75) is 50.4 Å². The predicted molar refractivity (Wildman–Crippen MR) is 133 cm³/mol. The molecule has 4 amide bonds. The van der Waals surface area contributed by atoms with E-state index in [1.165, 1.54) is 19.1 Å². The van der Waals surface area contributed by atoms with E-state index in [1.807, 2.05) is 0 Å². The van der Waals surface area contributed by atoms with Crippen LogP contribution in [-0.2, 0) is 36.8 Å². The van der Waals surface area contributed by atoms with Gasteiger partial charge < -0.3 is 37.6 Å². The number of aliphatic carboxylic acids is 1. The molecular formula is C25H31N5O7. The summed E-state index contributed by atoms with van der Waals surface area (Å²) in [6, 6.07) is 9.78. The zero-order valence-electron chi connectivity index (χ0n) is 20.2. The predicted octanol–water partition coefficient (Wildman–Crippen LogP) is -1.06. The molecule has 0 saturated carbocycles. The highest BCUT2D eigenvalue weighted by Crippen LogP contribution is 2.12. The third-order valence-corrected chi connectivity index (χ3v) is 5.41. The van der Waals surface area contributed by atoms with Crippen molar-refractivity contribution in [3.8, 4) is 5.75 Å². The van der Waals surface area contributed by atoms with Crippen molar-refractivity contribution in [2.24, 2.45) is 11.5 Å². The highest BCUT2D eigenvalue weighted by molar-refractivity contribution is 5.95. The molecule has 2 aromatic rings. The monoisotopic (exact) mass is 513 g/mol. The molecule has 12 heteroatoms. The van der Waals surface area contributed by atoms with Crippen molar-refractivity contribution < 1.29 is 34.2 Å². The number of phenolic OH excluding ortho intramolecular Hbond substituents is 1. The van der Waals surface area contributed by atoms with Gasteiger partial charge in [0.2, 0.25) is 23.6 Å². The molecule has 0 bridgehead atoms. The number of phenols is 1. The van der Waals surface area contributed by atoms with Gasteiger partial charge in [-0.15, -0.1) is 0 Å². The van der Waals surface area contributed by atoms with Crippen molar-refractivity contribution in [1.82, 2.24) is 16.0 Å². The minimum absolute atomic E-state index is 0.00576. The largest absolute Gasteiger partial charge is 0.508 e. The lowest BCUT2D eigenvalue weighted by molar-refractivity contribution is -0.141. The van der Waals surface area contributed by atoms with Gasteiger partial charge in [-0.25, -0.2) is 0 Å². The lowest BCUT2D eigenvalue weighted by Crippen LogP contribution is -2.58. The number of hydrogen-bond donors (Lipinski definition) is 7. The smallest absolute Gasteiger partial charge is 0.325 e. The van der Waals surface area contributed by atoms with Crippen LogP contribution in [0, 0.1) is 0 Å². The lowest BCUT2D eigenvalue weighted by Gasteiger charge is -2.25. The van der Waals surface area contributed by atoms with Crippen LogP contribution >= 0.6 is 0 Å². The van der Waals surface area contributed by atoms with Crippen LogP contribution in [0.15, 0.2) is 54.6 Å². The second-order valence-electron chi connectivity index (χ2n) is 8.53. The Bertz CT molecular complexity index is 1110. The third-order valence-electron chi connectivity index (χ3n) is 5.41. The summed E-state index contributed by atoms with van der Waals surface area (Å²) in [5.74, 6) is -4.32. The van der Waals surface area contributed by atoms with Gasteiger partial charge in [-0.2, -0.15) is 0 Å². The zero-order chi connectivity index (χ0) is 27.5. The average molecular weight is 514 g/mol. The van der Waals surface area contributed by atoms with Crippen molar-refractivity contribution in [2.75, 3.05) is 0 Å². The van der Waals surface area contributed by atoms with Gasteiger partial charge in [-0.1, -0.05) is 42.5 Å². The summed E-state index contributed by atoms with van der Waals surface area (Å²) in [4.78, 5) is 61.2. The molecule has 37 heavy (non-hydrogen) atoms. The Morgan fingerprint density at radius 2 is 1.27 bits per heavy atom. The number of nitrogens with one attached hydrogen (secondary N) is 3. The summed E-state index contributed by atoms with van der Waals surface area (Å²) in [7, 11) is 0. The molecule has 0 heterocycles. The summed E-state index contributed by atoms with van der Waals surface area (Å²) in [5, 5.41) is 26.1. The maximum absolute atomic E-state index is 13.3. The van der Waals surface area contributed by atoms with Gasteiger partial charge >= 0.3 is 5.97 Å². The Morgan fingerprint density at radius 3 is 1.78 bits per heavy atom. The van der Waals surface area contributed by atoms with Gasteiger partial charge in [0, 0.05) is 12.8 Å². The van der Waals surface area contributed by atoms with Crippen molar-refractivity contribution >= 4 is 29.6 Å². The number of nitrogens with two attached hydrogens (primary N) is 2. The number of hydrogen-bond acceptors (Lipinski definition) is 7. The van der Waals surface area contributed by atoms with E-state index in [2.05, 4.69) is 16.0 Å². The SMILES string of the molecule is CC(NC(=O)C(Cc1ccc(O)cc1)NC(=O)C(Cc1ccccc1)NC(=O)C(N)CC(N)=O)C(=O)O. The van der Waals surface area contributed by atoms with Crippen molar-refractivity contribution in [3.05, 3.63) is 65.7 Å². The summed E-state index contributed by atoms with van der Waals surface area (Å²) in [6.45, 7) is 1.28. The molecule has 4 atom stereocenters. The number of carboxylic acids is 1. The summed E-state index contributed by atoms with van der Waals surface area (Å²) < 4.78 is 0. The molecule has 0 aromatic heterocycles. The standard InChI is InChI=1S/C25H31N5O7/c1-14(25(36)37)28-23(34)19(12-16-7-9-17(31)10-8-16)30-24(35)20(11-15-5-3-2-4-6-15)29-22(33)18(26)13-21(27)32/h2-10,14,18-20,31H,11-13,26H2,1H3,(H2,27,32)(H,28,34)(H,29,33)(H,30,35)(H,36,37). The van der Waals surface area contributed by atoms with Gasteiger partial charge in [-0.05, 0) is 30.2 Å². The van der Waals surface area contributed by atoms with Crippen molar-refractivity contribution in [1.29, 1.82) is 0 Å². The van der Waals surface area contributed by atoms with E-state index in [-0.39, 0.29) is 18.6 Å². The molecule has 0 radical (unpaired) electrons. The van der Waals surface area contributed by atoms with Gasteiger partial charge in [-0.3, -0.25) is 24.0 Å². The molecule has 0 aliphatic carbocycles. The van der Waals surface area contributed by atoms with E-state index in [1.54, 1.807) is 42.5 Å². The molecule has 198 valence electrons. The Hall–Kier alpha value is -4.45. The lowest BCUT2D eigenvalue weighted by atomic mass is 10.0. The average Bonchev–Trinajstić information content (AvgIpc) is 2.84. The Balaban J connectivity index is 2.28. The van der Waals surface area contributed by atoms with E-state index in [0.29, 0.717) is 11.1 Å². The number of amides is 4. The zero-order valence-corrected chi connectivity index (χ0v) is 20.2. The fourth-order valence-electron chi connectivity index (χ4n) is 3.37. The van der Waals surface area contributed by atoms with Gasteiger partial charge in [0.25, 0.3) is 0 Å². The number of benzene rings is 2. The van der Waals surface area contributed by atoms with E-state index >= 15 is 0 Å². The molecule has 2 rings (SSSR count). The van der Waals surface area contributed by atoms with Crippen LogP contribution in [0.5, 0.6) is 5.75 Å². The summed E-state index contributed by atoms with van der Waals surface area (Å²) in [5.41, 5.74) is 12.1. The second-order valence-corrected chi connectivity index (χ2v) is 8.53. The minimum atomic E-state index is -1.28. The van der Waals surface area contributed by atoms with Crippen LogP contribution in [0.3, 0.4) is 0 Å². The van der Waals surface area contributed by atoms with Crippen LogP contribution < -0.4 is 27.4 Å². The molecule has 0 aliphatic rings. The first-order valence-corrected chi connectivity index (χ1v) is 11.5. The molecule has 9 N–H and O–H groups in total. The number of carbonyl (C=O) groups excluding carboxylic acids is 4. The quantitative estimate of drug-likeness (QED) is 0.175.